The molecule has 0 radical (unpaired) electrons. The summed E-state index contributed by atoms with van der Waals surface area (Å²) in [4.78, 5) is 53.1. The number of allylic oxidation sites excluding steroid dienone is 4. The monoisotopic (exact) mass is 780 g/mol. The van der Waals surface area contributed by atoms with Gasteiger partial charge in [-0.05, 0) is 56.8 Å². The summed E-state index contributed by atoms with van der Waals surface area (Å²) < 4.78 is 23.4. The molecule has 0 spiro atoms. The van der Waals surface area contributed by atoms with E-state index in [4.69, 9.17) is 18.9 Å². The van der Waals surface area contributed by atoms with E-state index in [0.717, 1.165) is 0 Å². The van der Waals surface area contributed by atoms with Gasteiger partial charge in [-0.2, -0.15) is 0 Å². The van der Waals surface area contributed by atoms with Gasteiger partial charge in [-0.3, -0.25) is 19.2 Å². The van der Waals surface area contributed by atoms with Gasteiger partial charge in [-0.1, -0.05) is 73.6 Å². The van der Waals surface area contributed by atoms with Crippen LogP contribution in [0.4, 0.5) is 0 Å². The smallest absolute Gasteiger partial charge is 0.308 e. The molecule has 2 rings (SSSR count). The largest absolute Gasteiger partial charge is 0.462 e. The zero-order valence-corrected chi connectivity index (χ0v) is 34.5. The lowest BCUT2D eigenvalue weighted by molar-refractivity contribution is -0.313. The number of carbonyl (C=O) groups excluding carboxylic acids is 4. The minimum Gasteiger partial charge on any atom is -0.462 e. The van der Waals surface area contributed by atoms with Gasteiger partial charge >= 0.3 is 5.97 Å². The molecular formula is C42H68O13. The number of rotatable bonds is 6. The van der Waals surface area contributed by atoms with E-state index in [2.05, 4.69) is 0 Å². The molecule has 5 N–H and O–H groups in total. The minimum absolute atomic E-state index is 0.0551. The molecule has 0 aromatic rings. The Labute approximate surface area is 327 Å². The summed E-state index contributed by atoms with van der Waals surface area (Å²) in [5.41, 5.74) is 0.236. The van der Waals surface area contributed by atoms with E-state index in [0.29, 0.717) is 12.8 Å². The second-order valence-corrected chi connectivity index (χ2v) is 16.0. The van der Waals surface area contributed by atoms with E-state index in [1.807, 2.05) is 13.8 Å². The molecule has 0 amide bonds. The van der Waals surface area contributed by atoms with Crippen LogP contribution in [0.2, 0.25) is 0 Å². The number of hydrogen-bond acceptors (Lipinski definition) is 13. The number of Topliss-reactive ketones (excluding diaryl/α,β-unsaturated/α-hetero) is 1. The van der Waals surface area contributed by atoms with Crippen molar-refractivity contribution < 1.29 is 63.7 Å². The van der Waals surface area contributed by atoms with Gasteiger partial charge < -0.3 is 44.5 Å². The highest BCUT2D eigenvalue weighted by Crippen LogP contribution is 2.32. The van der Waals surface area contributed by atoms with Gasteiger partial charge in [0.15, 0.2) is 23.6 Å². The fourth-order valence-corrected chi connectivity index (χ4v) is 7.46. The standard InChI is InChI=1S/C42H68O13/c1-12-30(43)27(8)40-28(9)33(46)15-13-14-31(44)23(4)19-25(6)39(55-42-38(51)41(52-11)37(50)29(10)53-42)21(2)16-17-32(45)22(3)18-24(5)36(49)26(7)34(47)20-35(48)54-40/h13-14,16-18,21-23,25-30,33-34,37-43,46-47,50-51H,12,15,19-20H2,1-11H3. The maximum Gasteiger partial charge on any atom is 0.308 e. The molecule has 0 aromatic carbocycles. The van der Waals surface area contributed by atoms with Crippen molar-refractivity contribution in [2.45, 2.75) is 156 Å². The second kappa shape index (κ2) is 22.4. The average Bonchev–Trinajstić information content (AvgIpc) is 3.14. The lowest BCUT2D eigenvalue weighted by Gasteiger charge is -2.43. The molecule has 55 heavy (non-hydrogen) atoms. The number of ketones is 3. The predicted octanol–water partition coefficient (Wildman–Crippen LogP) is 3.66. The Kier molecular flexibility index (Phi) is 19.7. The molecule has 2 heterocycles. The van der Waals surface area contributed by atoms with Crippen molar-refractivity contribution in [2.24, 2.45) is 41.4 Å². The molecule has 0 aliphatic carbocycles. The Bertz CT molecular complexity index is 1360. The van der Waals surface area contributed by atoms with E-state index in [1.54, 1.807) is 60.6 Å². The molecule has 2 aliphatic heterocycles. The lowest BCUT2D eigenvalue weighted by Crippen LogP contribution is -2.59. The molecular weight excluding hydrogens is 712 g/mol. The summed E-state index contributed by atoms with van der Waals surface area (Å²) in [6.45, 7) is 17.0. The number of cyclic esters (lactones) is 1. The Balaban J connectivity index is 2.53. The summed E-state index contributed by atoms with van der Waals surface area (Å²) in [5.74, 6) is -5.96. The SMILES string of the molecule is CCC(O)C(C)C1OC(=O)CC(O)C(C)C(=O)C(C)=CC(C)C(=O)C=CC(C)C(OC2OC(C)C(O)C(OC)C2O)C(C)CC(C)C(=O)C=CCC(O)C1C. The Hall–Kier alpha value is -2.62. The number of esters is 1. The molecule has 13 nitrogen and oxygen atoms in total. The van der Waals surface area contributed by atoms with Crippen LogP contribution >= 0.6 is 0 Å². The number of hydrogen-bond donors (Lipinski definition) is 5. The van der Waals surface area contributed by atoms with Crippen molar-refractivity contribution in [2.75, 3.05) is 7.11 Å². The van der Waals surface area contributed by atoms with Gasteiger partial charge in [0.1, 0.15) is 24.4 Å². The summed E-state index contributed by atoms with van der Waals surface area (Å²) in [5, 5.41) is 54.3. The first-order valence-electron chi connectivity index (χ1n) is 19.7. The first-order chi connectivity index (χ1) is 25.7. The van der Waals surface area contributed by atoms with Crippen LogP contribution in [0.15, 0.2) is 36.0 Å². The molecule has 0 bridgehead atoms. The number of ether oxygens (including phenoxy) is 4. The van der Waals surface area contributed by atoms with Crippen molar-refractivity contribution in [1.82, 2.24) is 0 Å². The fourth-order valence-electron chi connectivity index (χ4n) is 7.46. The van der Waals surface area contributed by atoms with Crippen molar-refractivity contribution in [3.05, 3.63) is 36.0 Å². The van der Waals surface area contributed by atoms with Crippen LogP contribution in [-0.2, 0) is 38.1 Å². The Morgan fingerprint density at radius 1 is 0.891 bits per heavy atom. The fraction of sp³-hybridized carbons (Fsp3) is 0.762. The van der Waals surface area contributed by atoms with Gasteiger partial charge in [-0.25, -0.2) is 0 Å². The van der Waals surface area contributed by atoms with E-state index in [-0.39, 0.29) is 29.5 Å². The zero-order chi connectivity index (χ0) is 41.9. The third-order valence-corrected chi connectivity index (χ3v) is 11.5. The van der Waals surface area contributed by atoms with Crippen molar-refractivity contribution in [3.63, 3.8) is 0 Å². The van der Waals surface area contributed by atoms with Gasteiger partial charge in [-0.15, -0.1) is 0 Å². The van der Waals surface area contributed by atoms with Crippen LogP contribution in [0, 0.1) is 41.4 Å². The minimum atomic E-state index is -1.40. The molecule has 17 unspecified atom stereocenters. The topological polar surface area (TPSA) is 206 Å². The molecule has 1 saturated heterocycles. The third kappa shape index (κ3) is 13.5. The number of methoxy groups -OCH3 is 1. The van der Waals surface area contributed by atoms with E-state index in [1.165, 1.54) is 32.3 Å². The van der Waals surface area contributed by atoms with Crippen LogP contribution < -0.4 is 0 Å². The maximum absolute atomic E-state index is 13.3. The first-order valence-corrected chi connectivity index (χ1v) is 19.7. The highest BCUT2D eigenvalue weighted by Gasteiger charge is 2.45. The molecule has 0 saturated carbocycles. The van der Waals surface area contributed by atoms with Crippen LogP contribution in [0.1, 0.15) is 94.9 Å². The van der Waals surface area contributed by atoms with Crippen LogP contribution in [0.3, 0.4) is 0 Å². The quantitative estimate of drug-likeness (QED) is 0.245. The van der Waals surface area contributed by atoms with Gasteiger partial charge in [0.2, 0.25) is 0 Å². The van der Waals surface area contributed by atoms with Gasteiger partial charge in [0.25, 0.3) is 0 Å². The Morgan fingerprint density at radius 2 is 1.53 bits per heavy atom. The summed E-state index contributed by atoms with van der Waals surface area (Å²) in [6.07, 6.45) is -2.41. The average molecular weight is 781 g/mol. The molecule has 1 fully saturated rings. The van der Waals surface area contributed by atoms with E-state index >= 15 is 0 Å². The predicted molar refractivity (Wildman–Crippen MR) is 205 cm³/mol. The van der Waals surface area contributed by atoms with Crippen molar-refractivity contribution in [1.29, 1.82) is 0 Å². The third-order valence-electron chi connectivity index (χ3n) is 11.5. The molecule has 314 valence electrons. The second-order valence-electron chi connectivity index (χ2n) is 16.0. The zero-order valence-electron chi connectivity index (χ0n) is 34.5. The molecule has 2 aliphatic rings. The number of aliphatic hydroxyl groups is 5. The number of aliphatic hydroxyl groups excluding tert-OH is 5. The number of carbonyl (C=O) groups is 4. The highest BCUT2D eigenvalue weighted by molar-refractivity contribution is 5.99. The molecule has 0 aromatic heterocycles. The van der Waals surface area contributed by atoms with Crippen molar-refractivity contribution >= 4 is 23.3 Å². The van der Waals surface area contributed by atoms with Crippen LogP contribution in [0.25, 0.3) is 0 Å². The van der Waals surface area contributed by atoms with Gasteiger partial charge in [0.05, 0.1) is 36.9 Å². The molecule has 13 heteroatoms. The Morgan fingerprint density at radius 3 is 2.13 bits per heavy atom. The summed E-state index contributed by atoms with van der Waals surface area (Å²) in [6, 6.07) is 0. The highest BCUT2D eigenvalue weighted by atomic mass is 16.7. The van der Waals surface area contributed by atoms with E-state index in [9.17, 15) is 44.7 Å². The van der Waals surface area contributed by atoms with Crippen LogP contribution in [-0.4, -0.2) is 117 Å². The van der Waals surface area contributed by atoms with E-state index < -0.39 is 115 Å². The van der Waals surface area contributed by atoms with Crippen molar-refractivity contribution in [3.8, 4) is 0 Å². The van der Waals surface area contributed by atoms with Gasteiger partial charge in [0, 0.05) is 42.6 Å². The first kappa shape index (κ1) is 48.5. The lowest BCUT2D eigenvalue weighted by atomic mass is 9.83. The summed E-state index contributed by atoms with van der Waals surface area (Å²) >= 11 is 0. The van der Waals surface area contributed by atoms with Crippen LogP contribution in [0.5, 0.6) is 0 Å². The summed E-state index contributed by atoms with van der Waals surface area (Å²) in [7, 11) is 1.37. The molecule has 17 atom stereocenters. The maximum atomic E-state index is 13.3. The normalized spacial score (nSPS) is 39.9.